The van der Waals surface area contributed by atoms with Crippen LogP contribution in [0.4, 0.5) is 0 Å². The number of amides is 1. The monoisotopic (exact) mass is 298 g/mol. The van der Waals surface area contributed by atoms with Gasteiger partial charge >= 0.3 is 0 Å². The Labute approximate surface area is 104 Å². The zero-order chi connectivity index (χ0) is 10.6. The minimum Gasteiger partial charge on any atom is -0.364 e. The Morgan fingerprint density at radius 2 is 2.27 bits per heavy atom. The zero-order valence-corrected chi connectivity index (χ0v) is 10.8. The lowest BCUT2D eigenvalue weighted by Crippen LogP contribution is -2.36. The number of hydrogen-bond donors (Lipinski definition) is 2. The van der Waals surface area contributed by atoms with Crippen molar-refractivity contribution in [3.63, 3.8) is 0 Å². The summed E-state index contributed by atoms with van der Waals surface area (Å²) in [5.41, 5.74) is 5.44. The molecule has 1 heterocycles. The van der Waals surface area contributed by atoms with Crippen LogP contribution in [-0.2, 0) is 9.53 Å². The lowest BCUT2D eigenvalue weighted by molar-refractivity contribution is -0.131. The molecule has 0 aliphatic carbocycles. The molecule has 1 aliphatic heterocycles. The molecule has 0 saturated carbocycles. The van der Waals surface area contributed by atoms with Crippen LogP contribution in [0.3, 0.4) is 0 Å². The predicted molar refractivity (Wildman–Crippen MR) is 65.3 cm³/mol. The van der Waals surface area contributed by atoms with E-state index >= 15 is 0 Å². The van der Waals surface area contributed by atoms with E-state index < -0.39 is 0 Å². The molecule has 1 saturated heterocycles. The van der Waals surface area contributed by atoms with Gasteiger partial charge < -0.3 is 15.8 Å². The Hall–Kier alpha value is -0.100. The van der Waals surface area contributed by atoms with Crippen molar-refractivity contribution in [1.29, 1.82) is 0 Å². The van der Waals surface area contributed by atoms with Gasteiger partial charge in [0, 0.05) is 17.6 Å². The highest BCUT2D eigenvalue weighted by atomic mass is 79.9. The first-order chi connectivity index (χ1) is 6.63. The standard InChI is InChI=1S/C9H15BrN2O2.ClH/c1-6(10)5-12-9(13)8-3-2-7(4-11)14-8;/h7-8H,1-5,11H2,(H,12,13);1H/t7-,8+;/m1./s1. The summed E-state index contributed by atoms with van der Waals surface area (Å²) in [5.74, 6) is -0.0819. The van der Waals surface area contributed by atoms with Gasteiger partial charge in [-0.3, -0.25) is 4.79 Å². The first kappa shape index (κ1) is 14.9. The third-order valence-electron chi connectivity index (χ3n) is 2.12. The van der Waals surface area contributed by atoms with E-state index in [1.54, 1.807) is 0 Å². The highest BCUT2D eigenvalue weighted by Crippen LogP contribution is 2.18. The van der Waals surface area contributed by atoms with Crippen LogP contribution >= 0.6 is 28.3 Å². The summed E-state index contributed by atoms with van der Waals surface area (Å²) in [4.78, 5) is 11.5. The molecule has 1 rings (SSSR count). The Balaban J connectivity index is 0.00000196. The summed E-state index contributed by atoms with van der Waals surface area (Å²) in [6.45, 7) is 4.54. The van der Waals surface area contributed by atoms with Crippen molar-refractivity contribution in [1.82, 2.24) is 5.32 Å². The first-order valence-electron chi connectivity index (χ1n) is 4.60. The van der Waals surface area contributed by atoms with Crippen LogP contribution in [0.1, 0.15) is 12.8 Å². The number of halogens is 2. The Bertz CT molecular complexity index is 238. The molecule has 0 unspecified atom stereocenters. The summed E-state index contributed by atoms with van der Waals surface area (Å²) in [6, 6.07) is 0. The largest absolute Gasteiger partial charge is 0.364 e. The highest BCUT2D eigenvalue weighted by Gasteiger charge is 2.29. The molecule has 88 valence electrons. The Kier molecular flexibility index (Phi) is 7.17. The van der Waals surface area contributed by atoms with Gasteiger partial charge in [0.1, 0.15) is 6.10 Å². The lowest BCUT2D eigenvalue weighted by Gasteiger charge is -2.12. The van der Waals surface area contributed by atoms with Gasteiger partial charge in [-0.2, -0.15) is 0 Å². The summed E-state index contributed by atoms with van der Waals surface area (Å²) in [6.07, 6.45) is 1.32. The SMILES string of the molecule is C=C(Br)CNC(=O)[C@@H]1CC[C@H](CN)O1.Cl. The average molecular weight is 300 g/mol. The van der Waals surface area contributed by atoms with Gasteiger partial charge in [0.2, 0.25) is 5.91 Å². The van der Waals surface area contributed by atoms with E-state index in [0.717, 1.165) is 17.3 Å². The summed E-state index contributed by atoms with van der Waals surface area (Å²) >= 11 is 3.17. The molecule has 15 heavy (non-hydrogen) atoms. The summed E-state index contributed by atoms with van der Waals surface area (Å²) in [7, 11) is 0. The van der Waals surface area contributed by atoms with Crippen molar-refractivity contribution in [3.05, 3.63) is 11.1 Å². The molecule has 6 heteroatoms. The van der Waals surface area contributed by atoms with Crippen LogP contribution in [0.15, 0.2) is 11.1 Å². The minimum atomic E-state index is -0.338. The maximum absolute atomic E-state index is 11.5. The molecule has 1 fully saturated rings. The Morgan fingerprint density at radius 1 is 1.60 bits per heavy atom. The molecule has 1 amide bonds. The molecular formula is C9H16BrClN2O2. The fourth-order valence-electron chi connectivity index (χ4n) is 1.37. The van der Waals surface area contributed by atoms with Crippen LogP contribution < -0.4 is 11.1 Å². The van der Waals surface area contributed by atoms with Crippen LogP contribution in [0.25, 0.3) is 0 Å². The van der Waals surface area contributed by atoms with Gasteiger partial charge in [-0.15, -0.1) is 12.4 Å². The number of rotatable bonds is 4. The van der Waals surface area contributed by atoms with Crippen molar-refractivity contribution in [2.75, 3.05) is 13.1 Å². The van der Waals surface area contributed by atoms with Gasteiger partial charge in [0.25, 0.3) is 0 Å². The molecule has 0 aromatic carbocycles. The van der Waals surface area contributed by atoms with Crippen molar-refractivity contribution in [3.8, 4) is 0 Å². The fourth-order valence-corrected chi connectivity index (χ4v) is 1.51. The van der Waals surface area contributed by atoms with Crippen molar-refractivity contribution in [2.45, 2.75) is 25.0 Å². The van der Waals surface area contributed by atoms with Gasteiger partial charge in [0.05, 0.1) is 6.10 Å². The second kappa shape index (κ2) is 7.22. The number of carbonyl (C=O) groups excluding carboxylic acids is 1. The van der Waals surface area contributed by atoms with Crippen molar-refractivity contribution in [2.24, 2.45) is 5.73 Å². The van der Waals surface area contributed by atoms with Crippen LogP contribution in [0.5, 0.6) is 0 Å². The molecule has 0 aromatic heterocycles. The van der Waals surface area contributed by atoms with Crippen LogP contribution in [0, 0.1) is 0 Å². The van der Waals surface area contributed by atoms with E-state index in [2.05, 4.69) is 27.8 Å². The Morgan fingerprint density at radius 3 is 2.73 bits per heavy atom. The fraction of sp³-hybridized carbons (Fsp3) is 0.667. The molecule has 0 radical (unpaired) electrons. The van der Waals surface area contributed by atoms with Gasteiger partial charge in [-0.25, -0.2) is 0 Å². The summed E-state index contributed by atoms with van der Waals surface area (Å²) < 4.78 is 6.17. The van der Waals surface area contributed by atoms with E-state index in [1.807, 2.05) is 0 Å². The lowest BCUT2D eigenvalue weighted by atomic mass is 10.2. The normalized spacial score (nSPS) is 24.4. The molecule has 0 bridgehead atoms. The van der Waals surface area contributed by atoms with E-state index in [9.17, 15) is 4.79 Å². The molecule has 2 atom stereocenters. The second-order valence-corrected chi connectivity index (χ2v) is 4.42. The maximum Gasteiger partial charge on any atom is 0.249 e. The van der Waals surface area contributed by atoms with Crippen LogP contribution in [-0.4, -0.2) is 31.2 Å². The van der Waals surface area contributed by atoms with Crippen molar-refractivity contribution >= 4 is 34.2 Å². The van der Waals surface area contributed by atoms with E-state index in [-0.39, 0.29) is 30.5 Å². The number of carbonyl (C=O) groups is 1. The smallest absolute Gasteiger partial charge is 0.249 e. The minimum absolute atomic E-state index is 0. The van der Waals surface area contributed by atoms with E-state index in [0.29, 0.717) is 13.1 Å². The molecular weight excluding hydrogens is 283 g/mol. The van der Waals surface area contributed by atoms with Gasteiger partial charge in [-0.05, 0) is 12.8 Å². The number of nitrogens with two attached hydrogens (primary N) is 1. The molecule has 1 aliphatic rings. The number of nitrogens with one attached hydrogen (secondary N) is 1. The average Bonchev–Trinajstić information content (AvgIpc) is 2.62. The molecule has 4 nitrogen and oxygen atoms in total. The van der Waals surface area contributed by atoms with Crippen LogP contribution in [0.2, 0.25) is 0 Å². The highest BCUT2D eigenvalue weighted by molar-refractivity contribution is 9.11. The third kappa shape index (κ3) is 4.97. The van der Waals surface area contributed by atoms with Crippen molar-refractivity contribution < 1.29 is 9.53 Å². The van der Waals surface area contributed by atoms with Gasteiger partial charge in [-0.1, -0.05) is 22.5 Å². The second-order valence-electron chi connectivity index (χ2n) is 3.29. The zero-order valence-electron chi connectivity index (χ0n) is 8.37. The predicted octanol–water partition coefficient (Wildman–Crippen LogP) is 0.939. The molecule has 3 N–H and O–H groups in total. The maximum atomic E-state index is 11.5. The van der Waals surface area contributed by atoms with E-state index in [4.69, 9.17) is 10.5 Å². The molecule has 0 spiro atoms. The topological polar surface area (TPSA) is 64.4 Å². The number of ether oxygens (including phenoxy) is 1. The quantitative estimate of drug-likeness (QED) is 0.812. The summed E-state index contributed by atoms with van der Waals surface area (Å²) in [5, 5.41) is 2.72. The first-order valence-corrected chi connectivity index (χ1v) is 5.39. The van der Waals surface area contributed by atoms with E-state index in [1.165, 1.54) is 0 Å². The number of hydrogen-bond acceptors (Lipinski definition) is 3. The third-order valence-corrected chi connectivity index (χ3v) is 2.40. The molecule has 0 aromatic rings. The van der Waals surface area contributed by atoms with Gasteiger partial charge in [0.15, 0.2) is 0 Å².